The average Bonchev–Trinajstić information content (AvgIpc) is 2.80. The predicted molar refractivity (Wildman–Crippen MR) is 58.1 cm³/mol. The number of aromatic nitrogens is 3. The molecular formula is C11H14N4. The first kappa shape index (κ1) is 9.86. The molecule has 0 aliphatic carbocycles. The fourth-order valence-electron chi connectivity index (χ4n) is 1.38. The largest absolute Gasteiger partial charge is 0.348 e. The maximum Gasteiger partial charge on any atom is 0.120 e. The van der Waals surface area contributed by atoms with Crippen molar-refractivity contribution in [1.29, 1.82) is 0 Å². The van der Waals surface area contributed by atoms with Gasteiger partial charge in [-0.05, 0) is 19.1 Å². The standard InChI is InChI=1S/C11H14N4/c1-9(10-4-2-3-5-12-10)15-8-11-13-6-7-14-11/h2-7,9,15H,8H2,1H3,(H,13,14)/t9-/m1/s1. The van der Waals surface area contributed by atoms with E-state index in [-0.39, 0.29) is 6.04 Å². The number of H-pyrrole nitrogens is 1. The molecule has 78 valence electrons. The van der Waals surface area contributed by atoms with Crippen LogP contribution >= 0.6 is 0 Å². The molecule has 2 rings (SSSR count). The van der Waals surface area contributed by atoms with Gasteiger partial charge in [-0.2, -0.15) is 0 Å². The second-order valence-electron chi connectivity index (χ2n) is 3.39. The van der Waals surface area contributed by atoms with Crippen LogP contribution in [0.1, 0.15) is 24.5 Å². The van der Waals surface area contributed by atoms with Crippen LogP contribution in [-0.4, -0.2) is 15.0 Å². The molecule has 0 radical (unpaired) electrons. The summed E-state index contributed by atoms with van der Waals surface area (Å²) in [6.45, 7) is 2.82. The Balaban J connectivity index is 1.90. The molecule has 0 spiro atoms. The quantitative estimate of drug-likeness (QED) is 0.792. The van der Waals surface area contributed by atoms with Crippen molar-refractivity contribution in [2.24, 2.45) is 0 Å². The molecule has 4 heteroatoms. The molecule has 0 saturated heterocycles. The number of nitrogens with zero attached hydrogens (tertiary/aromatic N) is 2. The van der Waals surface area contributed by atoms with E-state index < -0.39 is 0 Å². The van der Waals surface area contributed by atoms with Crippen LogP contribution in [0.15, 0.2) is 36.8 Å². The molecule has 1 atom stereocenters. The molecule has 0 aromatic carbocycles. The van der Waals surface area contributed by atoms with Crippen LogP contribution in [0.5, 0.6) is 0 Å². The van der Waals surface area contributed by atoms with Crippen molar-refractivity contribution in [3.8, 4) is 0 Å². The third-order valence-electron chi connectivity index (χ3n) is 2.26. The van der Waals surface area contributed by atoms with Crippen molar-refractivity contribution in [2.75, 3.05) is 0 Å². The number of hydrogen-bond donors (Lipinski definition) is 2. The first-order chi connectivity index (χ1) is 7.36. The lowest BCUT2D eigenvalue weighted by Crippen LogP contribution is -2.19. The van der Waals surface area contributed by atoms with Crippen molar-refractivity contribution in [2.45, 2.75) is 19.5 Å². The molecule has 2 N–H and O–H groups in total. The molecule has 2 heterocycles. The number of nitrogens with one attached hydrogen (secondary N) is 2. The van der Waals surface area contributed by atoms with E-state index in [0.717, 1.165) is 18.1 Å². The lowest BCUT2D eigenvalue weighted by Gasteiger charge is -2.11. The molecule has 0 aliphatic rings. The third kappa shape index (κ3) is 2.63. The van der Waals surface area contributed by atoms with Crippen molar-refractivity contribution in [3.63, 3.8) is 0 Å². The first-order valence-corrected chi connectivity index (χ1v) is 4.99. The van der Waals surface area contributed by atoms with Gasteiger partial charge < -0.3 is 10.3 Å². The van der Waals surface area contributed by atoms with Gasteiger partial charge in [0.1, 0.15) is 5.82 Å². The average molecular weight is 202 g/mol. The summed E-state index contributed by atoms with van der Waals surface area (Å²) in [5, 5.41) is 3.35. The second-order valence-corrected chi connectivity index (χ2v) is 3.39. The fourth-order valence-corrected chi connectivity index (χ4v) is 1.38. The second kappa shape index (κ2) is 4.70. The topological polar surface area (TPSA) is 53.6 Å². The van der Waals surface area contributed by atoms with E-state index in [9.17, 15) is 0 Å². The molecular weight excluding hydrogens is 188 g/mol. The monoisotopic (exact) mass is 202 g/mol. The molecule has 0 saturated carbocycles. The van der Waals surface area contributed by atoms with Gasteiger partial charge in [0, 0.05) is 24.6 Å². The summed E-state index contributed by atoms with van der Waals surface area (Å²) in [7, 11) is 0. The lowest BCUT2D eigenvalue weighted by atomic mass is 10.2. The molecule has 15 heavy (non-hydrogen) atoms. The smallest absolute Gasteiger partial charge is 0.120 e. The van der Waals surface area contributed by atoms with Crippen LogP contribution in [0.2, 0.25) is 0 Å². The first-order valence-electron chi connectivity index (χ1n) is 4.99. The summed E-state index contributed by atoms with van der Waals surface area (Å²) in [4.78, 5) is 11.5. The Kier molecular flexibility index (Phi) is 3.09. The summed E-state index contributed by atoms with van der Waals surface area (Å²) in [6.07, 6.45) is 5.38. The van der Waals surface area contributed by atoms with Crippen LogP contribution in [0.4, 0.5) is 0 Å². The Hall–Kier alpha value is -1.68. The number of hydrogen-bond acceptors (Lipinski definition) is 3. The highest BCUT2D eigenvalue weighted by Gasteiger charge is 2.05. The lowest BCUT2D eigenvalue weighted by molar-refractivity contribution is 0.550. The summed E-state index contributed by atoms with van der Waals surface area (Å²) < 4.78 is 0. The van der Waals surface area contributed by atoms with Crippen molar-refractivity contribution in [1.82, 2.24) is 20.3 Å². The molecule has 2 aromatic rings. The molecule has 0 amide bonds. The zero-order valence-corrected chi connectivity index (χ0v) is 8.64. The molecule has 0 bridgehead atoms. The number of imidazole rings is 1. The highest BCUT2D eigenvalue weighted by molar-refractivity contribution is 5.07. The molecule has 0 aliphatic heterocycles. The van der Waals surface area contributed by atoms with Crippen molar-refractivity contribution in [3.05, 3.63) is 48.3 Å². The minimum Gasteiger partial charge on any atom is -0.348 e. The highest BCUT2D eigenvalue weighted by Crippen LogP contribution is 2.07. The van der Waals surface area contributed by atoms with Crippen LogP contribution in [0, 0.1) is 0 Å². The van der Waals surface area contributed by atoms with Gasteiger partial charge in [-0.15, -0.1) is 0 Å². The fraction of sp³-hybridized carbons (Fsp3) is 0.273. The van der Waals surface area contributed by atoms with E-state index >= 15 is 0 Å². The van der Waals surface area contributed by atoms with Crippen LogP contribution in [0.25, 0.3) is 0 Å². The predicted octanol–water partition coefficient (Wildman–Crippen LogP) is 1.66. The van der Waals surface area contributed by atoms with E-state index in [1.165, 1.54) is 0 Å². The van der Waals surface area contributed by atoms with Crippen molar-refractivity contribution >= 4 is 0 Å². The van der Waals surface area contributed by atoms with Gasteiger partial charge in [-0.1, -0.05) is 6.07 Å². The van der Waals surface area contributed by atoms with E-state index in [1.807, 2.05) is 24.4 Å². The zero-order chi connectivity index (χ0) is 10.5. The van der Waals surface area contributed by atoms with Gasteiger partial charge in [0.15, 0.2) is 0 Å². The molecule has 4 nitrogen and oxygen atoms in total. The Bertz CT molecular complexity index is 382. The van der Waals surface area contributed by atoms with Gasteiger partial charge in [-0.3, -0.25) is 4.98 Å². The number of aromatic amines is 1. The molecule has 0 unspecified atom stereocenters. The van der Waals surface area contributed by atoms with Gasteiger partial charge in [0.25, 0.3) is 0 Å². The van der Waals surface area contributed by atoms with E-state index in [1.54, 1.807) is 12.4 Å². The third-order valence-corrected chi connectivity index (χ3v) is 2.26. The zero-order valence-electron chi connectivity index (χ0n) is 8.64. The minimum atomic E-state index is 0.233. The van der Waals surface area contributed by atoms with Crippen molar-refractivity contribution < 1.29 is 0 Å². The Morgan fingerprint density at radius 3 is 2.93 bits per heavy atom. The maximum atomic E-state index is 4.29. The van der Waals surface area contributed by atoms with Gasteiger partial charge in [-0.25, -0.2) is 4.98 Å². The van der Waals surface area contributed by atoms with Gasteiger partial charge in [0.05, 0.1) is 12.2 Å². The normalized spacial score (nSPS) is 12.6. The SMILES string of the molecule is C[C@@H](NCc1ncc[nH]1)c1ccccn1. The van der Waals surface area contributed by atoms with Crippen LogP contribution in [0.3, 0.4) is 0 Å². The summed E-state index contributed by atoms with van der Waals surface area (Å²) in [6, 6.07) is 6.16. The summed E-state index contributed by atoms with van der Waals surface area (Å²) in [5.41, 5.74) is 1.05. The molecule has 2 aromatic heterocycles. The maximum absolute atomic E-state index is 4.29. The Morgan fingerprint density at radius 2 is 2.27 bits per heavy atom. The van der Waals surface area contributed by atoms with E-state index in [0.29, 0.717) is 0 Å². The highest BCUT2D eigenvalue weighted by atomic mass is 15.0. The number of pyridine rings is 1. The van der Waals surface area contributed by atoms with E-state index in [2.05, 4.69) is 27.2 Å². The Labute approximate surface area is 88.8 Å². The summed E-state index contributed by atoms with van der Waals surface area (Å²) in [5.74, 6) is 0.942. The van der Waals surface area contributed by atoms with Crippen LogP contribution < -0.4 is 5.32 Å². The van der Waals surface area contributed by atoms with Crippen LogP contribution in [-0.2, 0) is 6.54 Å². The molecule has 0 fully saturated rings. The minimum absolute atomic E-state index is 0.233. The van der Waals surface area contributed by atoms with Gasteiger partial charge in [0.2, 0.25) is 0 Å². The summed E-state index contributed by atoms with van der Waals surface area (Å²) >= 11 is 0. The van der Waals surface area contributed by atoms with E-state index in [4.69, 9.17) is 0 Å². The van der Waals surface area contributed by atoms with Gasteiger partial charge >= 0.3 is 0 Å². The number of rotatable bonds is 4. The Morgan fingerprint density at radius 1 is 1.33 bits per heavy atom.